The number of nitriles is 1. The van der Waals surface area contributed by atoms with E-state index in [0.717, 1.165) is 4.90 Å². The predicted molar refractivity (Wildman–Crippen MR) is 106 cm³/mol. The molecule has 8 heteroatoms. The number of fused-ring (bicyclic) bond motifs is 3. The third-order valence-corrected chi connectivity index (χ3v) is 5.36. The lowest BCUT2D eigenvalue weighted by atomic mass is 9.65. The standard InChI is InChI=1S/C22H21N3O5/c1-21(2,3)30-20(28)25-14-8-5-4-7-12(14)22(19(25)27)13(11-23)18(24)29-16-10-6-9-15(26)17(16)22/h4-5,7-8H,6,9-10,24H2,1-3H3. The molecule has 2 heterocycles. The van der Waals surface area contributed by atoms with E-state index in [2.05, 4.69) is 0 Å². The number of rotatable bonds is 0. The first kappa shape index (κ1) is 19.7. The molecule has 8 nitrogen and oxygen atoms in total. The topological polar surface area (TPSA) is 123 Å². The van der Waals surface area contributed by atoms with E-state index in [1.807, 2.05) is 6.07 Å². The van der Waals surface area contributed by atoms with Gasteiger partial charge in [-0.05, 0) is 33.3 Å². The number of nitrogens with zero attached hydrogens (tertiary/aromatic N) is 2. The van der Waals surface area contributed by atoms with Crippen LogP contribution in [-0.4, -0.2) is 23.4 Å². The highest BCUT2D eigenvalue weighted by atomic mass is 16.6. The van der Waals surface area contributed by atoms with Crippen LogP contribution in [0.2, 0.25) is 0 Å². The van der Waals surface area contributed by atoms with Crippen molar-refractivity contribution in [2.24, 2.45) is 5.73 Å². The third-order valence-electron chi connectivity index (χ3n) is 5.36. The smallest absolute Gasteiger partial charge is 0.421 e. The molecule has 1 spiro atoms. The summed E-state index contributed by atoms with van der Waals surface area (Å²) in [5, 5.41) is 9.93. The van der Waals surface area contributed by atoms with Gasteiger partial charge in [-0.15, -0.1) is 0 Å². The number of amides is 2. The van der Waals surface area contributed by atoms with E-state index in [1.165, 1.54) is 0 Å². The minimum absolute atomic E-state index is 0.0861. The number of carbonyl (C=O) groups is 3. The molecule has 0 aromatic heterocycles. The molecule has 2 N–H and O–H groups in total. The van der Waals surface area contributed by atoms with Crippen molar-refractivity contribution in [1.82, 2.24) is 0 Å². The fraction of sp³-hybridized carbons (Fsp3) is 0.364. The van der Waals surface area contributed by atoms with Gasteiger partial charge >= 0.3 is 6.09 Å². The number of imide groups is 1. The fourth-order valence-electron chi connectivity index (χ4n) is 4.32. The summed E-state index contributed by atoms with van der Waals surface area (Å²) in [4.78, 5) is 40.8. The lowest BCUT2D eigenvalue weighted by molar-refractivity contribution is -0.124. The van der Waals surface area contributed by atoms with Crippen LogP contribution in [0.4, 0.5) is 10.5 Å². The Kier molecular flexibility index (Phi) is 4.24. The van der Waals surface area contributed by atoms with Crippen molar-refractivity contribution >= 4 is 23.5 Å². The van der Waals surface area contributed by atoms with Crippen molar-refractivity contribution in [2.75, 3.05) is 4.90 Å². The highest BCUT2D eigenvalue weighted by Gasteiger charge is 2.63. The minimum atomic E-state index is -1.82. The van der Waals surface area contributed by atoms with E-state index in [4.69, 9.17) is 15.2 Å². The summed E-state index contributed by atoms with van der Waals surface area (Å²) in [6.45, 7) is 5.06. The highest BCUT2D eigenvalue weighted by molar-refractivity contribution is 6.27. The summed E-state index contributed by atoms with van der Waals surface area (Å²) >= 11 is 0. The van der Waals surface area contributed by atoms with Crippen LogP contribution >= 0.6 is 0 Å². The van der Waals surface area contributed by atoms with Crippen molar-refractivity contribution in [3.8, 4) is 6.07 Å². The number of allylic oxidation sites excluding steroid dienone is 1. The van der Waals surface area contributed by atoms with Crippen LogP contribution in [0.25, 0.3) is 0 Å². The van der Waals surface area contributed by atoms with Gasteiger partial charge in [0.25, 0.3) is 5.91 Å². The lowest BCUT2D eigenvalue weighted by Gasteiger charge is -2.37. The van der Waals surface area contributed by atoms with Gasteiger partial charge in [0, 0.05) is 18.4 Å². The van der Waals surface area contributed by atoms with E-state index in [0.29, 0.717) is 18.4 Å². The monoisotopic (exact) mass is 407 g/mol. The number of nitrogens with two attached hydrogens (primary N) is 1. The molecule has 0 fully saturated rings. The first-order valence-corrected chi connectivity index (χ1v) is 9.65. The van der Waals surface area contributed by atoms with Gasteiger partial charge in [0.15, 0.2) is 5.78 Å². The van der Waals surface area contributed by atoms with Gasteiger partial charge in [0.2, 0.25) is 5.88 Å². The molecule has 3 aliphatic rings. The second-order valence-electron chi connectivity index (χ2n) is 8.42. The van der Waals surface area contributed by atoms with Gasteiger partial charge in [-0.25, -0.2) is 9.69 Å². The first-order chi connectivity index (χ1) is 14.1. The Bertz CT molecular complexity index is 1100. The van der Waals surface area contributed by atoms with Crippen molar-refractivity contribution in [2.45, 2.75) is 51.0 Å². The maximum atomic E-state index is 13.9. The SMILES string of the molecule is CC(C)(C)OC(=O)N1C(=O)C2(C(C#N)=C(N)OC3=C2C(=O)CCC3)c2ccccc21. The summed E-state index contributed by atoms with van der Waals surface area (Å²) in [5.41, 5.74) is 3.85. The summed E-state index contributed by atoms with van der Waals surface area (Å²) < 4.78 is 11.0. The second-order valence-corrected chi connectivity index (χ2v) is 8.42. The van der Waals surface area contributed by atoms with E-state index in [9.17, 15) is 19.6 Å². The van der Waals surface area contributed by atoms with Gasteiger partial charge < -0.3 is 15.2 Å². The van der Waals surface area contributed by atoms with Crippen LogP contribution in [0.3, 0.4) is 0 Å². The number of para-hydroxylation sites is 1. The van der Waals surface area contributed by atoms with Crippen LogP contribution in [0.5, 0.6) is 0 Å². The highest BCUT2D eigenvalue weighted by Crippen LogP contribution is 2.55. The van der Waals surface area contributed by atoms with Crippen LogP contribution in [0.1, 0.15) is 45.6 Å². The fourth-order valence-corrected chi connectivity index (χ4v) is 4.32. The van der Waals surface area contributed by atoms with Gasteiger partial charge in [-0.3, -0.25) is 9.59 Å². The average Bonchev–Trinajstić information content (AvgIpc) is 2.90. The number of ketones is 1. The zero-order valence-electron chi connectivity index (χ0n) is 16.9. The minimum Gasteiger partial charge on any atom is -0.444 e. The van der Waals surface area contributed by atoms with Crippen LogP contribution in [0.15, 0.2) is 47.1 Å². The molecule has 2 amide bonds. The lowest BCUT2D eigenvalue weighted by Crippen LogP contribution is -2.51. The molecule has 0 saturated carbocycles. The van der Waals surface area contributed by atoms with Gasteiger partial charge in [0.05, 0.1) is 11.3 Å². The Morgan fingerprint density at radius 1 is 1.27 bits per heavy atom. The Labute approximate surface area is 173 Å². The molecular formula is C22H21N3O5. The number of ether oxygens (including phenoxy) is 2. The molecule has 0 bridgehead atoms. The Hall–Kier alpha value is -3.60. The van der Waals surface area contributed by atoms with E-state index >= 15 is 0 Å². The molecule has 4 rings (SSSR count). The molecule has 154 valence electrons. The zero-order valence-corrected chi connectivity index (χ0v) is 16.9. The summed E-state index contributed by atoms with van der Waals surface area (Å²) in [6, 6.07) is 8.52. The third kappa shape index (κ3) is 2.55. The van der Waals surface area contributed by atoms with E-state index in [1.54, 1.807) is 45.0 Å². The average molecular weight is 407 g/mol. The molecule has 30 heavy (non-hydrogen) atoms. The van der Waals surface area contributed by atoms with E-state index < -0.39 is 23.0 Å². The van der Waals surface area contributed by atoms with Crippen molar-refractivity contribution in [3.63, 3.8) is 0 Å². The molecule has 2 aliphatic heterocycles. The summed E-state index contributed by atoms with van der Waals surface area (Å²) in [7, 11) is 0. The van der Waals surface area contributed by atoms with Gasteiger partial charge in [-0.2, -0.15) is 5.26 Å². The molecule has 1 aliphatic carbocycles. The second kappa shape index (κ2) is 6.46. The summed E-state index contributed by atoms with van der Waals surface area (Å²) in [5.74, 6) is -1.02. The van der Waals surface area contributed by atoms with Crippen LogP contribution in [0, 0.1) is 11.3 Å². The first-order valence-electron chi connectivity index (χ1n) is 9.65. The zero-order chi connectivity index (χ0) is 21.8. The molecule has 0 radical (unpaired) electrons. The normalized spacial score (nSPS) is 23.2. The number of hydrogen-bond donors (Lipinski definition) is 1. The van der Waals surface area contributed by atoms with Gasteiger partial charge in [0.1, 0.15) is 28.4 Å². The Morgan fingerprint density at radius 2 is 1.97 bits per heavy atom. The quantitative estimate of drug-likeness (QED) is 0.701. The maximum Gasteiger partial charge on any atom is 0.421 e. The number of carbonyl (C=O) groups excluding carboxylic acids is 3. The number of hydrogen-bond acceptors (Lipinski definition) is 7. The molecule has 1 atom stereocenters. The van der Waals surface area contributed by atoms with Crippen LogP contribution in [-0.2, 0) is 24.5 Å². The molecule has 1 unspecified atom stereocenters. The number of benzene rings is 1. The molecular weight excluding hydrogens is 386 g/mol. The van der Waals surface area contributed by atoms with E-state index in [-0.39, 0.29) is 40.7 Å². The Balaban J connectivity index is 2.03. The van der Waals surface area contributed by atoms with Crippen molar-refractivity contribution in [3.05, 3.63) is 52.6 Å². The molecule has 0 saturated heterocycles. The largest absolute Gasteiger partial charge is 0.444 e. The maximum absolute atomic E-state index is 13.9. The number of anilines is 1. The van der Waals surface area contributed by atoms with Crippen molar-refractivity contribution < 1.29 is 23.9 Å². The Morgan fingerprint density at radius 3 is 2.63 bits per heavy atom. The number of Topliss-reactive ketones (excluding diaryl/α,β-unsaturated/α-hetero) is 1. The van der Waals surface area contributed by atoms with Gasteiger partial charge in [-0.1, -0.05) is 18.2 Å². The molecule has 1 aromatic carbocycles. The summed E-state index contributed by atoms with van der Waals surface area (Å²) in [6.07, 6.45) is 0.285. The van der Waals surface area contributed by atoms with Crippen molar-refractivity contribution in [1.29, 1.82) is 5.26 Å². The predicted octanol–water partition coefficient (Wildman–Crippen LogP) is 2.94. The molecule has 1 aromatic rings. The van der Waals surface area contributed by atoms with Crippen LogP contribution < -0.4 is 10.6 Å².